The van der Waals surface area contributed by atoms with E-state index in [9.17, 15) is 18.0 Å². The summed E-state index contributed by atoms with van der Waals surface area (Å²) in [6.45, 7) is 1.75. The summed E-state index contributed by atoms with van der Waals surface area (Å²) >= 11 is 0. The van der Waals surface area contributed by atoms with Crippen molar-refractivity contribution in [1.82, 2.24) is 5.32 Å². The molecule has 0 heterocycles. The van der Waals surface area contributed by atoms with Crippen LogP contribution in [0.1, 0.15) is 18.9 Å². The van der Waals surface area contributed by atoms with Gasteiger partial charge in [-0.25, -0.2) is 0 Å². The van der Waals surface area contributed by atoms with Gasteiger partial charge in [0.25, 0.3) is 0 Å². The molecule has 20 heavy (non-hydrogen) atoms. The van der Waals surface area contributed by atoms with Crippen LogP contribution >= 0.6 is 0 Å². The van der Waals surface area contributed by atoms with Crippen molar-refractivity contribution in [3.8, 4) is 5.75 Å². The van der Waals surface area contributed by atoms with E-state index < -0.39 is 17.9 Å². The molecular formula is C13H16F3NO3. The summed E-state index contributed by atoms with van der Waals surface area (Å²) in [5.74, 6) is -0.727. The van der Waals surface area contributed by atoms with Crippen molar-refractivity contribution in [2.24, 2.45) is 0 Å². The smallest absolute Gasteiger partial charge is 0.469 e. The summed E-state index contributed by atoms with van der Waals surface area (Å²) in [4.78, 5) is 11.4. The molecule has 0 aromatic heterocycles. The van der Waals surface area contributed by atoms with Crippen molar-refractivity contribution < 1.29 is 27.4 Å². The van der Waals surface area contributed by atoms with Crippen LogP contribution in [0.3, 0.4) is 0 Å². The van der Waals surface area contributed by atoms with Crippen LogP contribution in [-0.4, -0.2) is 26.5 Å². The van der Waals surface area contributed by atoms with Gasteiger partial charge in [-0.05, 0) is 31.7 Å². The molecule has 0 amide bonds. The summed E-state index contributed by atoms with van der Waals surface area (Å²) in [5.41, 5.74) is -0.0796. The van der Waals surface area contributed by atoms with Crippen LogP contribution in [0, 0.1) is 0 Å². The maximum absolute atomic E-state index is 12.1. The molecule has 1 aromatic rings. The molecule has 1 rings (SSSR count). The Labute approximate surface area is 114 Å². The van der Waals surface area contributed by atoms with Crippen molar-refractivity contribution in [2.45, 2.75) is 25.2 Å². The molecule has 1 aromatic carbocycles. The van der Waals surface area contributed by atoms with E-state index in [1.165, 1.54) is 31.4 Å². The fourth-order valence-electron chi connectivity index (χ4n) is 1.72. The standard InChI is InChI=1S/C13H16F3NO3/c1-12(17-2,8-11(18)19-3)9-4-6-10(7-5-9)20-13(14,15)16/h4-7,17H,8H2,1-3H3. The van der Waals surface area contributed by atoms with Crippen molar-refractivity contribution in [3.05, 3.63) is 29.8 Å². The fourth-order valence-corrected chi connectivity index (χ4v) is 1.72. The average molecular weight is 291 g/mol. The van der Waals surface area contributed by atoms with E-state index in [0.29, 0.717) is 5.56 Å². The number of alkyl halides is 3. The number of carbonyl (C=O) groups is 1. The van der Waals surface area contributed by atoms with Gasteiger partial charge in [0.1, 0.15) is 5.75 Å². The van der Waals surface area contributed by atoms with Gasteiger partial charge in [-0.15, -0.1) is 13.2 Å². The van der Waals surface area contributed by atoms with Crippen molar-refractivity contribution in [1.29, 1.82) is 0 Å². The van der Waals surface area contributed by atoms with Gasteiger partial charge >= 0.3 is 12.3 Å². The highest BCUT2D eigenvalue weighted by Crippen LogP contribution is 2.28. The second kappa shape index (κ2) is 6.13. The molecule has 0 aliphatic rings. The number of benzene rings is 1. The highest BCUT2D eigenvalue weighted by molar-refractivity contribution is 5.71. The maximum atomic E-state index is 12.1. The first-order chi connectivity index (χ1) is 9.20. The lowest BCUT2D eigenvalue weighted by Gasteiger charge is -2.28. The third kappa shape index (κ3) is 4.41. The molecule has 1 N–H and O–H groups in total. The molecular weight excluding hydrogens is 275 g/mol. The lowest BCUT2D eigenvalue weighted by Crippen LogP contribution is -2.39. The average Bonchev–Trinajstić information content (AvgIpc) is 2.37. The third-order valence-corrected chi connectivity index (χ3v) is 3.00. The van der Waals surface area contributed by atoms with E-state index >= 15 is 0 Å². The number of hydrogen-bond acceptors (Lipinski definition) is 4. The van der Waals surface area contributed by atoms with E-state index in [1.54, 1.807) is 14.0 Å². The Hall–Kier alpha value is -1.76. The molecule has 0 saturated heterocycles. The van der Waals surface area contributed by atoms with E-state index in [-0.39, 0.29) is 12.2 Å². The minimum Gasteiger partial charge on any atom is -0.469 e. The summed E-state index contributed by atoms with van der Waals surface area (Å²) in [7, 11) is 2.93. The van der Waals surface area contributed by atoms with E-state index in [0.717, 1.165) is 0 Å². The van der Waals surface area contributed by atoms with E-state index in [1.807, 2.05) is 0 Å². The molecule has 7 heteroatoms. The zero-order valence-electron chi connectivity index (χ0n) is 11.4. The highest BCUT2D eigenvalue weighted by atomic mass is 19.4. The van der Waals surface area contributed by atoms with Gasteiger partial charge in [0.05, 0.1) is 19.1 Å². The Bertz CT molecular complexity index is 459. The number of esters is 1. The Morgan fingerprint density at radius 2 is 1.80 bits per heavy atom. The van der Waals surface area contributed by atoms with Crippen LogP contribution in [0.4, 0.5) is 13.2 Å². The molecule has 4 nitrogen and oxygen atoms in total. The van der Waals surface area contributed by atoms with Gasteiger partial charge in [-0.3, -0.25) is 4.79 Å². The Morgan fingerprint density at radius 3 is 2.20 bits per heavy atom. The van der Waals surface area contributed by atoms with Gasteiger partial charge in [0.2, 0.25) is 0 Å². The first-order valence-corrected chi connectivity index (χ1v) is 5.82. The van der Waals surface area contributed by atoms with Gasteiger partial charge in [0, 0.05) is 0 Å². The Morgan fingerprint density at radius 1 is 1.25 bits per heavy atom. The lowest BCUT2D eigenvalue weighted by atomic mass is 9.89. The zero-order valence-corrected chi connectivity index (χ0v) is 11.4. The maximum Gasteiger partial charge on any atom is 0.573 e. The molecule has 0 fully saturated rings. The predicted octanol–water partition coefficient (Wildman–Crippen LogP) is 2.58. The van der Waals surface area contributed by atoms with Crippen molar-refractivity contribution in [3.63, 3.8) is 0 Å². The molecule has 0 aliphatic carbocycles. The van der Waals surface area contributed by atoms with Crippen LogP contribution in [0.25, 0.3) is 0 Å². The molecule has 0 radical (unpaired) electrons. The number of ether oxygens (including phenoxy) is 2. The molecule has 1 unspecified atom stereocenters. The van der Waals surface area contributed by atoms with Crippen molar-refractivity contribution >= 4 is 5.97 Å². The number of hydrogen-bond donors (Lipinski definition) is 1. The number of methoxy groups -OCH3 is 1. The summed E-state index contributed by atoms with van der Waals surface area (Å²) in [5, 5.41) is 2.96. The molecule has 112 valence electrons. The number of carbonyl (C=O) groups excluding carboxylic acids is 1. The van der Waals surface area contributed by atoms with Gasteiger partial charge in [-0.2, -0.15) is 0 Å². The Kier molecular flexibility index (Phi) is 4.99. The molecule has 0 bridgehead atoms. The lowest BCUT2D eigenvalue weighted by molar-refractivity contribution is -0.274. The zero-order chi connectivity index (χ0) is 15.4. The number of nitrogens with one attached hydrogen (secondary N) is 1. The molecule has 0 spiro atoms. The number of rotatable bonds is 5. The first kappa shape index (κ1) is 16.3. The summed E-state index contributed by atoms with van der Waals surface area (Å²) < 4.78 is 44.6. The van der Waals surface area contributed by atoms with Gasteiger partial charge < -0.3 is 14.8 Å². The van der Waals surface area contributed by atoms with Crippen LogP contribution in [0.15, 0.2) is 24.3 Å². The monoisotopic (exact) mass is 291 g/mol. The number of halogens is 3. The van der Waals surface area contributed by atoms with E-state index in [2.05, 4.69) is 14.8 Å². The Balaban J connectivity index is 2.92. The highest BCUT2D eigenvalue weighted by Gasteiger charge is 2.32. The van der Waals surface area contributed by atoms with Crippen LogP contribution in [-0.2, 0) is 15.1 Å². The van der Waals surface area contributed by atoms with Crippen molar-refractivity contribution in [2.75, 3.05) is 14.2 Å². The van der Waals surface area contributed by atoms with Gasteiger partial charge in [-0.1, -0.05) is 12.1 Å². The quantitative estimate of drug-likeness (QED) is 0.847. The SMILES string of the molecule is CNC(C)(CC(=O)OC)c1ccc(OC(F)(F)F)cc1. The molecule has 1 atom stereocenters. The minimum atomic E-state index is -4.72. The summed E-state index contributed by atoms with van der Waals surface area (Å²) in [6, 6.07) is 5.35. The first-order valence-electron chi connectivity index (χ1n) is 5.82. The van der Waals surface area contributed by atoms with Crippen LogP contribution in [0.5, 0.6) is 5.75 Å². The largest absolute Gasteiger partial charge is 0.573 e. The fraction of sp³-hybridized carbons (Fsp3) is 0.462. The normalized spacial score (nSPS) is 14.5. The minimum absolute atomic E-state index is 0.0550. The molecule has 0 aliphatic heterocycles. The second-order valence-electron chi connectivity index (χ2n) is 4.41. The van der Waals surface area contributed by atoms with E-state index in [4.69, 9.17) is 0 Å². The summed E-state index contributed by atoms with van der Waals surface area (Å²) in [6.07, 6.45) is -4.67. The predicted molar refractivity (Wildman–Crippen MR) is 66.2 cm³/mol. The topological polar surface area (TPSA) is 47.6 Å². The van der Waals surface area contributed by atoms with Crippen LogP contribution in [0.2, 0.25) is 0 Å². The third-order valence-electron chi connectivity index (χ3n) is 3.00. The molecule has 0 saturated carbocycles. The van der Waals surface area contributed by atoms with Gasteiger partial charge in [0.15, 0.2) is 0 Å². The second-order valence-corrected chi connectivity index (χ2v) is 4.41. The van der Waals surface area contributed by atoms with Crippen LogP contribution < -0.4 is 10.1 Å².